The first-order valence-electron chi connectivity index (χ1n) is 13.5. The van der Waals surface area contributed by atoms with E-state index < -0.39 is 11.7 Å². The summed E-state index contributed by atoms with van der Waals surface area (Å²) in [5, 5.41) is 11.5. The van der Waals surface area contributed by atoms with E-state index in [9.17, 15) is 9.18 Å². The topological polar surface area (TPSA) is 123 Å². The van der Waals surface area contributed by atoms with Crippen LogP contribution in [-0.2, 0) is 16.6 Å². The Hall–Kier alpha value is -5.17. The van der Waals surface area contributed by atoms with Crippen LogP contribution in [0.1, 0.15) is 5.56 Å². The van der Waals surface area contributed by atoms with E-state index in [-0.39, 0.29) is 0 Å². The molecule has 1 fully saturated rings. The highest BCUT2D eigenvalue weighted by molar-refractivity contribution is 5.91. The van der Waals surface area contributed by atoms with Crippen molar-refractivity contribution in [1.29, 1.82) is 0 Å². The SMILES string of the molecule is C=C(F)C(=O)N1CCN(c2ccc3ncnc(Nc4ccc(Oc5ccc6c(c5)nnn6C)c(C)c4)c3n2)CC1.COC. The standard InChI is InChI=1S/C28H26FN9O2.C2H6O/c1-17-14-19(4-8-24(17)40-20-5-7-23-22(15-20)34-35-36(23)3)32-27-26-21(30-16-31-27)6-9-25(33-26)37-10-12-38(13-11-37)28(39)18(2)29;1-3-2/h4-9,14-16H,2,10-13H2,1,3H3,(H,30,31,32);1-2H3. The van der Waals surface area contributed by atoms with Gasteiger partial charge in [-0.2, -0.15) is 0 Å². The Balaban J connectivity index is 0.00000118. The summed E-state index contributed by atoms with van der Waals surface area (Å²) in [5.41, 5.74) is 4.75. The minimum Gasteiger partial charge on any atom is -0.457 e. The number of methoxy groups -OCH3 is 1. The molecule has 2 aromatic carbocycles. The summed E-state index contributed by atoms with van der Waals surface area (Å²) in [5.74, 6) is 1.09. The molecule has 222 valence electrons. The van der Waals surface area contributed by atoms with Gasteiger partial charge in [0.1, 0.15) is 34.7 Å². The summed E-state index contributed by atoms with van der Waals surface area (Å²) < 4.78 is 25.3. The quantitative estimate of drug-likeness (QED) is 0.284. The average Bonchev–Trinajstić information content (AvgIpc) is 3.38. The molecule has 1 aliphatic heterocycles. The molecule has 12 nitrogen and oxygen atoms in total. The van der Waals surface area contributed by atoms with Crippen LogP contribution in [0.15, 0.2) is 67.3 Å². The lowest BCUT2D eigenvalue weighted by molar-refractivity contribution is -0.128. The fourth-order valence-corrected chi connectivity index (χ4v) is 4.70. The minimum atomic E-state index is -0.941. The van der Waals surface area contributed by atoms with Crippen molar-refractivity contribution in [3.05, 3.63) is 72.8 Å². The van der Waals surface area contributed by atoms with Crippen molar-refractivity contribution in [3.63, 3.8) is 0 Å². The van der Waals surface area contributed by atoms with Crippen LogP contribution in [0, 0.1) is 6.92 Å². The smallest absolute Gasteiger partial charge is 0.282 e. The number of rotatable bonds is 6. The van der Waals surface area contributed by atoms with Crippen LogP contribution in [0.2, 0.25) is 0 Å². The van der Waals surface area contributed by atoms with Crippen LogP contribution in [-0.4, -0.2) is 81.2 Å². The monoisotopic (exact) mass is 585 g/mol. The van der Waals surface area contributed by atoms with Crippen molar-refractivity contribution in [2.45, 2.75) is 6.92 Å². The summed E-state index contributed by atoms with van der Waals surface area (Å²) in [4.78, 5) is 29.0. The van der Waals surface area contributed by atoms with Crippen molar-refractivity contribution in [1.82, 2.24) is 34.8 Å². The molecule has 4 heterocycles. The third-order valence-corrected chi connectivity index (χ3v) is 6.84. The number of carbonyl (C=O) groups excluding carboxylic acids is 1. The Morgan fingerprint density at radius 1 is 1.00 bits per heavy atom. The van der Waals surface area contributed by atoms with Crippen molar-refractivity contribution in [2.24, 2.45) is 7.05 Å². The Bertz CT molecular complexity index is 1780. The van der Waals surface area contributed by atoms with Crippen LogP contribution in [0.25, 0.3) is 22.1 Å². The Labute approximate surface area is 247 Å². The molecule has 1 amide bonds. The molecule has 0 atom stereocenters. The number of fused-ring (bicyclic) bond motifs is 2. The van der Waals surface area contributed by atoms with Gasteiger partial charge in [-0.25, -0.2) is 24.0 Å². The molecule has 43 heavy (non-hydrogen) atoms. The van der Waals surface area contributed by atoms with E-state index in [1.165, 1.54) is 11.2 Å². The largest absolute Gasteiger partial charge is 0.457 e. The number of hydrogen-bond acceptors (Lipinski definition) is 10. The van der Waals surface area contributed by atoms with Gasteiger partial charge in [-0.1, -0.05) is 11.8 Å². The molecule has 1 N–H and O–H groups in total. The number of halogens is 1. The number of pyridine rings is 1. The highest BCUT2D eigenvalue weighted by Crippen LogP contribution is 2.31. The van der Waals surface area contributed by atoms with Gasteiger partial charge in [0.2, 0.25) is 0 Å². The Morgan fingerprint density at radius 3 is 2.49 bits per heavy atom. The highest BCUT2D eigenvalue weighted by atomic mass is 19.1. The normalized spacial score (nSPS) is 13.0. The van der Waals surface area contributed by atoms with Crippen molar-refractivity contribution >= 4 is 45.3 Å². The van der Waals surface area contributed by atoms with Gasteiger partial charge in [0, 0.05) is 59.2 Å². The lowest BCUT2D eigenvalue weighted by atomic mass is 10.2. The molecule has 0 aliphatic carbocycles. The second-order valence-corrected chi connectivity index (χ2v) is 9.92. The number of piperazine rings is 1. The van der Waals surface area contributed by atoms with Gasteiger partial charge >= 0.3 is 0 Å². The fraction of sp³-hybridized carbons (Fsp3) is 0.267. The highest BCUT2D eigenvalue weighted by Gasteiger charge is 2.24. The second kappa shape index (κ2) is 12.8. The third kappa shape index (κ3) is 6.51. The molecular weight excluding hydrogens is 553 g/mol. The molecule has 0 bridgehead atoms. The van der Waals surface area contributed by atoms with Crippen LogP contribution in [0.5, 0.6) is 11.5 Å². The van der Waals surface area contributed by atoms with Crippen molar-refractivity contribution in [2.75, 3.05) is 50.6 Å². The maximum absolute atomic E-state index is 13.3. The molecule has 1 saturated heterocycles. The average molecular weight is 586 g/mol. The van der Waals surface area contributed by atoms with Crippen LogP contribution in [0.4, 0.5) is 21.7 Å². The van der Waals surface area contributed by atoms with Crippen molar-refractivity contribution < 1.29 is 18.7 Å². The lowest BCUT2D eigenvalue weighted by Crippen LogP contribution is -2.49. The lowest BCUT2D eigenvalue weighted by Gasteiger charge is -2.35. The van der Waals surface area contributed by atoms with Gasteiger partial charge in [-0.15, -0.1) is 5.10 Å². The zero-order chi connectivity index (χ0) is 30.5. The van der Waals surface area contributed by atoms with Crippen LogP contribution >= 0.6 is 0 Å². The molecule has 0 unspecified atom stereocenters. The number of nitrogens with one attached hydrogen (secondary N) is 1. The number of nitrogens with zero attached hydrogens (tertiary/aromatic N) is 8. The fourth-order valence-electron chi connectivity index (χ4n) is 4.70. The number of hydrogen-bond donors (Lipinski definition) is 1. The summed E-state index contributed by atoms with van der Waals surface area (Å²) in [6.45, 7) is 6.91. The number of ether oxygens (including phenoxy) is 2. The molecule has 0 spiro atoms. The van der Waals surface area contributed by atoms with Gasteiger partial charge in [0.05, 0.1) is 11.0 Å². The first-order chi connectivity index (χ1) is 20.8. The van der Waals surface area contributed by atoms with E-state index >= 15 is 0 Å². The zero-order valence-electron chi connectivity index (χ0n) is 24.4. The summed E-state index contributed by atoms with van der Waals surface area (Å²) in [6.07, 6.45) is 1.49. The van der Waals surface area contributed by atoms with Crippen LogP contribution in [0.3, 0.4) is 0 Å². The van der Waals surface area contributed by atoms with E-state index in [1.54, 1.807) is 18.9 Å². The number of carbonyl (C=O) groups is 1. The second-order valence-electron chi connectivity index (χ2n) is 9.92. The maximum atomic E-state index is 13.3. The molecule has 3 aromatic heterocycles. The zero-order valence-corrected chi connectivity index (χ0v) is 24.4. The number of aryl methyl sites for hydroxylation is 2. The first kappa shape index (κ1) is 29.3. The van der Waals surface area contributed by atoms with Gasteiger partial charge in [-0.3, -0.25) is 4.79 Å². The van der Waals surface area contributed by atoms with Crippen molar-refractivity contribution in [3.8, 4) is 11.5 Å². The van der Waals surface area contributed by atoms with E-state index in [4.69, 9.17) is 9.72 Å². The van der Waals surface area contributed by atoms with Crippen LogP contribution < -0.4 is 15.0 Å². The van der Waals surface area contributed by atoms with E-state index in [2.05, 4.69) is 41.8 Å². The molecular formula is C30H32FN9O3. The molecule has 5 aromatic rings. The van der Waals surface area contributed by atoms with Gasteiger partial charge in [-0.05, 0) is 55.0 Å². The number of aromatic nitrogens is 6. The predicted octanol–water partition coefficient (Wildman–Crippen LogP) is 4.55. The molecule has 13 heteroatoms. The predicted molar refractivity (Wildman–Crippen MR) is 162 cm³/mol. The summed E-state index contributed by atoms with van der Waals surface area (Å²) >= 11 is 0. The number of amides is 1. The summed E-state index contributed by atoms with van der Waals surface area (Å²) in [7, 11) is 5.10. The molecule has 0 saturated carbocycles. The number of anilines is 3. The van der Waals surface area contributed by atoms with E-state index in [0.29, 0.717) is 48.8 Å². The molecule has 6 rings (SSSR count). The third-order valence-electron chi connectivity index (χ3n) is 6.84. The maximum Gasteiger partial charge on any atom is 0.282 e. The van der Waals surface area contributed by atoms with E-state index in [1.807, 2.05) is 62.5 Å². The van der Waals surface area contributed by atoms with E-state index in [0.717, 1.165) is 33.9 Å². The van der Waals surface area contributed by atoms with Gasteiger partial charge < -0.3 is 24.6 Å². The Kier molecular flexibility index (Phi) is 8.71. The first-order valence-corrected chi connectivity index (χ1v) is 13.5. The molecule has 0 radical (unpaired) electrons. The molecule has 1 aliphatic rings. The van der Waals surface area contributed by atoms with Gasteiger partial charge in [0.25, 0.3) is 5.91 Å². The Morgan fingerprint density at radius 2 is 1.77 bits per heavy atom. The summed E-state index contributed by atoms with van der Waals surface area (Å²) in [6, 6.07) is 15.2. The number of benzene rings is 2. The minimum absolute atomic E-state index is 0.387. The van der Waals surface area contributed by atoms with Gasteiger partial charge in [0.15, 0.2) is 11.6 Å².